The Hall–Kier alpha value is -1.60. The molecular weight excluding hydrogens is 273 g/mol. The van der Waals surface area contributed by atoms with Gasteiger partial charge in [0, 0.05) is 6.54 Å². The van der Waals surface area contributed by atoms with Gasteiger partial charge in [-0.2, -0.15) is 13.2 Å². The number of benzene rings is 1. The van der Waals surface area contributed by atoms with Gasteiger partial charge in [0.15, 0.2) is 0 Å². The van der Waals surface area contributed by atoms with Crippen molar-refractivity contribution in [2.75, 3.05) is 19.8 Å². The van der Waals surface area contributed by atoms with Gasteiger partial charge in [0.05, 0.1) is 36.3 Å². The third-order valence-electron chi connectivity index (χ3n) is 3.55. The molecule has 0 radical (unpaired) electrons. The quantitative estimate of drug-likeness (QED) is 0.939. The molecule has 0 aliphatic carbocycles. The highest BCUT2D eigenvalue weighted by atomic mass is 19.4. The molecule has 1 saturated heterocycles. The Bertz CT molecular complexity index is 627. The van der Waals surface area contributed by atoms with Crippen molar-refractivity contribution in [3.05, 3.63) is 30.1 Å². The number of fused-ring (bicyclic) bond motifs is 1. The standard InChI is InChI=1S/C13H13F3N2O2/c14-13(15,16)11-17-9-3-1-2-4-10(9)18(11)5-12(6-19)7-20-8-12/h1-4,19H,5-8H2. The molecule has 1 aromatic carbocycles. The number of aliphatic hydroxyl groups excluding tert-OH is 1. The van der Waals surface area contributed by atoms with Crippen molar-refractivity contribution < 1.29 is 23.0 Å². The van der Waals surface area contributed by atoms with Crippen LogP contribution in [0.25, 0.3) is 11.0 Å². The molecule has 108 valence electrons. The summed E-state index contributed by atoms with van der Waals surface area (Å²) in [6, 6.07) is 6.46. The molecule has 3 rings (SSSR count). The number of aromatic nitrogens is 2. The van der Waals surface area contributed by atoms with Gasteiger partial charge in [-0.05, 0) is 12.1 Å². The van der Waals surface area contributed by atoms with Crippen LogP contribution in [0.3, 0.4) is 0 Å². The number of hydrogen-bond acceptors (Lipinski definition) is 3. The van der Waals surface area contributed by atoms with Crippen molar-refractivity contribution in [2.45, 2.75) is 12.7 Å². The highest BCUT2D eigenvalue weighted by Gasteiger charge is 2.43. The maximum absolute atomic E-state index is 13.1. The monoisotopic (exact) mass is 286 g/mol. The minimum atomic E-state index is -4.53. The Kier molecular flexibility index (Phi) is 2.98. The van der Waals surface area contributed by atoms with Gasteiger partial charge < -0.3 is 14.4 Å². The van der Waals surface area contributed by atoms with E-state index in [1.54, 1.807) is 24.3 Å². The second-order valence-corrected chi connectivity index (χ2v) is 5.16. The van der Waals surface area contributed by atoms with Gasteiger partial charge in [-0.3, -0.25) is 0 Å². The van der Waals surface area contributed by atoms with E-state index in [-0.39, 0.29) is 26.4 Å². The number of alkyl halides is 3. The molecule has 0 spiro atoms. The van der Waals surface area contributed by atoms with Gasteiger partial charge in [-0.25, -0.2) is 4.98 Å². The van der Waals surface area contributed by atoms with Crippen LogP contribution in [-0.2, 0) is 17.5 Å². The fraction of sp³-hybridized carbons (Fsp3) is 0.462. The summed E-state index contributed by atoms with van der Waals surface area (Å²) in [6.45, 7) is 0.344. The Morgan fingerprint density at radius 1 is 1.30 bits per heavy atom. The predicted molar refractivity (Wildman–Crippen MR) is 65.1 cm³/mol. The molecule has 0 saturated carbocycles. The first-order valence-corrected chi connectivity index (χ1v) is 6.16. The number of aliphatic hydroxyl groups is 1. The van der Waals surface area contributed by atoms with E-state index in [9.17, 15) is 18.3 Å². The summed E-state index contributed by atoms with van der Waals surface area (Å²) in [6.07, 6.45) is -4.53. The van der Waals surface area contributed by atoms with Crippen molar-refractivity contribution in [3.63, 3.8) is 0 Å². The molecule has 0 amide bonds. The molecule has 7 heteroatoms. The molecule has 0 atom stereocenters. The Labute approximate surface area is 112 Å². The molecule has 4 nitrogen and oxygen atoms in total. The number of rotatable bonds is 3. The van der Waals surface area contributed by atoms with Crippen molar-refractivity contribution in [3.8, 4) is 0 Å². The molecule has 1 aliphatic heterocycles. The third kappa shape index (κ3) is 2.06. The highest BCUT2D eigenvalue weighted by Crippen LogP contribution is 2.36. The maximum atomic E-state index is 13.1. The fourth-order valence-corrected chi connectivity index (χ4v) is 2.41. The van der Waals surface area contributed by atoms with Crippen LogP contribution in [0.2, 0.25) is 0 Å². The van der Waals surface area contributed by atoms with E-state index < -0.39 is 17.4 Å². The number of ether oxygens (including phenoxy) is 1. The summed E-state index contributed by atoms with van der Waals surface area (Å²) in [5.41, 5.74) is 0.0661. The summed E-state index contributed by atoms with van der Waals surface area (Å²) in [4.78, 5) is 3.68. The summed E-state index contributed by atoms with van der Waals surface area (Å²) in [5, 5.41) is 9.41. The molecule has 0 unspecified atom stereocenters. The van der Waals surface area contributed by atoms with E-state index in [2.05, 4.69) is 4.98 Å². The Morgan fingerprint density at radius 3 is 2.55 bits per heavy atom. The molecule has 1 N–H and O–H groups in total. The summed E-state index contributed by atoms with van der Waals surface area (Å²) in [5.74, 6) is -0.932. The van der Waals surface area contributed by atoms with Crippen LogP contribution in [0.5, 0.6) is 0 Å². The molecule has 2 heterocycles. The van der Waals surface area contributed by atoms with Crippen molar-refractivity contribution in [1.29, 1.82) is 0 Å². The lowest BCUT2D eigenvalue weighted by molar-refractivity contribution is -0.160. The second kappa shape index (κ2) is 4.46. The van der Waals surface area contributed by atoms with Crippen LogP contribution >= 0.6 is 0 Å². The van der Waals surface area contributed by atoms with Crippen molar-refractivity contribution >= 4 is 11.0 Å². The van der Waals surface area contributed by atoms with Crippen LogP contribution in [0.4, 0.5) is 13.2 Å². The van der Waals surface area contributed by atoms with Crippen LogP contribution in [0, 0.1) is 5.41 Å². The molecule has 1 aromatic heterocycles. The van der Waals surface area contributed by atoms with E-state index in [4.69, 9.17) is 4.74 Å². The fourth-order valence-electron chi connectivity index (χ4n) is 2.41. The average Bonchev–Trinajstić information content (AvgIpc) is 2.72. The van der Waals surface area contributed by atoms with E-state index in [1.165, 1.54) is 0 Å². The minimum Gasteiger partial charge on any atom is -0.396 e. The normalized spacial score (nSPS) is 18.2. The van der Waals surface area contributed by atoms with Crippen LogP contribution in [-0.4, -0.2) is 34.5 Å². The van der Waals surface area contributed by atoms with E-state index in [1.807, 2.05) is 0 Å². The summed E-state index contributed by atoms with van der Waals surface area (Å²) >= 11 is 0. The van der Waals surface area contributed by atoms with Crippen LogP contribution in [0.15, 0.2) is 24.3 Å². The van der Waals surface area contributed by atoms with Gasteiger partial charge in [0.25, 0.3) is 0 Å². The second-order valence-electron chi connectivity index (χ2n) is 5.16. The zero-order valence-corrected chi connectivity index (χ0v) is 10.5. The third-order valence-corrected chi connectivity index (χ3v) is 3.55. The average molecular weight is 286 g/mol. The lowest BCUT2D eigenvalue weighted by Gasteiger charge is -2.40. The smallest absolute Gasteiger partial charge is 0.396 e. The molecule has 20 heavy (non-hydrogen) atoms. The van der Waals surface area contributed by atoms with Gasteiger partial charge >= 0.3 is 6.18 Å². The summed E-state index contributed by atoms with van der Waals surface area (Å²) in [7, 11) is 0. The molecule has 0 bridgehead atoms. The lowest BCUT2D eigenvalue weighted by atomic mass is 9.87. The van der Waals surface area contributed by atoms with Gasteiger partial charge in [-0.1, -0.05) is 12.1 Å². The number of imidazole rings is 1. The first kappa shape index (κ1) is 13.4. The number of halogens is 3. The topological polar surface area (TPSA) is 47.3 Å². The predicted octanol–water partition coefficient (Wildman–Crippen LogP) is 2.06. The van der Waals surface area contributed by atoms with Crippen molar-refractivity contribution in [2.24, 2.45) is 5.41 Å². The Balaban J connectivity index is 2.11. The highest BCUT2D eigenvalue weighted by molar-refractivity contribution is 5.76. The Morgan fingerprint density at radius 2 is 2.00 bits per heavy atom. The number of nitrogens with zero attached hydrogens (tertiary/aromatic N) is 2. The van der Waals surface area contributed by atoms with Gasteiger partial charge in [0.2, 0.25) is 5.82 Å². The van der Waals surface area contributed by atoms with Gasteiger partial charge in [-0.15, -0.1) is 0 Å². The lowest BCUT2D eigenvalue weighted by Crippen LogP contribution is -2.49. The first-order chi connectivity index (χ1) is 9.45. The molecule has 1 aliphatic rings. The van der Waals surface area contributed by atoms with Crippen LogP contribution < -0.4 is 0 Å². The largest absolute Gasteiger partial charge is 0.449 e. The molecule has 2 aromatic rings. The minimum absolute atomic E-state index is 0.0405. The zero-order valence-electron chi connectivity index (χ0n) is 10.5. The van der Waals surface area contributed by atoms with E-state index in [0.717, 1.165) is 4.57 Å². The first-order valence-electron chi connectivity index (χ1n) is 6.16. The SMILES string of the molecule is OCC1(Cn2c(C(F)(F)F)nc3ccccc32)COC1. The number of para-hydroxylation sites is 2. The van der Waals surface area contributed by atoms with E-state index >= 15 is 0 Å². The van der Waals surface area contributed by atoms with Crippen molar-refractivity contribution in [1.82, 2.24) is 9.55 Å². The number of hydrogen-bond donors (Lipinski definition) is 1. The maximum Gasteiger partial charge on any atom is 0.449 e. The summed E-state index contributed by atoms with van der Waals surface area (Å²) < 4.78 is 45.5. The zero-order chi connectivity index (χ0) is 14.4. The molecular formula is C13H13F3N2O2. The van der Waals surface area contributed by atoms with Crippen LogP contribution in [0.1, 0.15) is 5.82 Å². The van der Waals surface area contributed by atoms with E-state index in [0.29, 0.717) is 11.0 Å². The molecule has 1 fully saturated rings. The van der Waals surface area contributed by atoms with Gasteiger partial charge in [0.1, 0.15) is 0 Å².